The SMILES string of the molecule is CCN1C(=CC2=C(SCCCCCC(=O)Nc3ccc(N(C)C)cc3)/C(=C\c3sc4ccccc4[n+]3CC)C2=O)N(CC)c2ccccc21. The first-order valence-corrected chi connectivity index (χ1v) is 19.1. The number of aryl methyl sites for hydroxylation is 1. The maximum absolute atomic E-state index is 14.0. The maximum Gasteiger partial charge on any atom is 0.263 e. The fourth-order valence-corrected chi connectivity index (χ4v) is 8.87. The number of thioether (sulfide) groups is 1. The number of carbonyl (C=O) groups is 2. The number of rotatable bonds is 14. The normalized spacial score (nSPS) is 14.9. The number of carbonyl (C=O) groups excluding carboxylic acids is 2. The quantitative estimate of drug-likeness (QED) is 0.0812. The zero-order chi connectivity index (χ0) is 34.5. The molecule has 0 bridgehead atoms. The van der Waals surface area contributed by atoms with Gasteiger partial charge in [-0.05, 0) is 87.9 Å². The standard InChI is InChI=1S/C40H45N5O2S2/c1-6-43-32-16-11-12-17-33(32)44(7-2)37(43)26-30-39(47)31(27-38-45(8-3)34-18-13-14-19-35(34)49-38)40(30)48-25-15-9-10-20-36(46)41-28-21-23-29(24-22-28)42(4)5/h11-14,16-19,21-24,26-27H,6-10,15,20,25H2,1-5H3/p+1. The molecule has 9 heteroatoms. The van der Waals surface area contributed by atoms with Crippen LogP contribution in [0.3, 0.4) is 0 Å². The van der Waals surface area contributed by atoms with Crippen LogP contribution in [0.15, 0.2) is 101 Å². The molecule has 1 amide bonds. The number of benzene rings is 3. The summed E-state index contributed by atoms with van der Waals surface area (Å²) in [5, 5.41) is 4.12. The Balaban J connectivity index is 1.18. The van der Waals surface area contributed by atoms with Crippen LogP contribution in [0.5, 0.6) is 0 Å². The van der Waals surface area contributed by atoms with E-state index in [9.17, 15) is 9.59 Å². The van der Waals surface area contributed by atoms with Crippen molar-refractivity contribution in [2.24, 2.45) is 0 Å². The highest BCUT2D eigenvalue weighted by molar-refractivity contribution is 8.03. The van der Waals surface area contributed by atoms with Crippen molar-refractivity contribution in [3.8, 4) is 0 Å². The van der Waals surface area contributed by atoms with Crippen molar-refractivity contribution in [3.63, 3.8) is 0 Å². The van der Waals surface area contributed by atoms with Crippen LogP contribution in [0, 0.1) is 0 Å². The molecule has 1 N–H and O–H groups in total. The van der Waals surface area contributed by atoms with Crippen LogP contribution in [-0.4, -0.2) is 44.6 Å². The van der Waals surface area contributed by atoms with Crippen LogP contribution >= 0.6 is 23.1 Å². The van der Waals surface area contributed by atoms with Gasteiger partial charge in [-0.25, -0.2) is 0 Å². The van der Waals surface area contributed by atoms with Gasteiger partial charge in [0.05, 0.1) is 11.4 Å². The van der Waals surface area contributed by atoms with Crippen molar-refractivity contribution in [1.29, 1.82) is 0 Å². The molecule has 0 saturated carbocycles. The van der Waals surface area contributed by atoms with Crippen molar-refractivity contribution in [3.05, 3.63) is 106 Å². The summed E-state index contributed by atoms with van der Waals surface area (Å²) in [5.74, 6) is 2.09. The minimum Gasteiger partial charge on any atom is -0.378 e. The van der Waals surface area contributed by atoms with Crippen molar-refractivity contribution >= 4 is 73.8 Å². The zero-order valence-corrected chi connectivity index (χ0v) is 30.8. The molecule has 4 aromatic rings. The summed E-state index contributed by atoms with van der Waals surface area (Å²) in [5.41, 5.74) is 7.07. The summed E-state index contributed by atoms with van der Waals surface area (Å²) >= 11 is 3.51. The van der Waals surface area contributed by atoms with Gasteiger partial charge in [-0.15, -0.1) is 11.8 Å². The van der Waals surface area contributed by atoms with E-state index in [1.165, 1.54) is 21.6 Å². The molecule has 6 rings (SSSR count). The van der Waals surface area contributed by atoms with Crippen molar-refractivity contribution < 1.29 is 14.2 Å². The topological polar surface area (TPSA) is 59.8 Å². The molecule has 1 aromatic heterocycles. The molecule has 0 fully saturated rings. The minimum absolute atomic E-state index is 0.0442. The molecule has 0 saturated heterocycles. The van der Waals surface area contributed by atoms with Gasteiger partial charge in [0.1, 0.15) is 17.1 Å². The Hall–Kier alpha value is -4.34. The number of unbranched alkanes of at least 4 members (excludes halogenated alkanes) is 2. The number of hydrogen-bond acceptors (Lipinski definition) is 7. The molecule has 254 valence electrons. The van der Waals surface area contributed by atoms with E-state index in [1.54, 1.807) is 23.1 Å². The monoisotopic (exact) mass is 692 g/mol. The third kappa shape index (κ3) is 7.19. The van der Waals surface area contributed by atoms with Gasteiger partial charge in [0.15, 0.2) is 5.78 Å². The van der Waals surface area contributed by atoms with Gasteiger partial charge < -0.3 is 20.0 Å². The number of allylic oxidation sites excluding steroid dienone is 3. The number of nitrogens with one attached hydrogen (secondary N) is 1. The van der Waals surface area contributed by atoms with E-state index in [2.05, 4.69) is 101 Å². The first-order chi connectivity index (χ1) is 23.8. The molecule has 7 nitrogen and oxygen atoms in total. The Morgan fingerprint density at radius 3 is 2.20 bits per heavy atom. The predicted molar refractivity (Wildman–Crippen MR) is 209 cm³/mol. The van der Waals surface area contributed by atoms with Crippen LogP contribution < -0.4 is 24.6 Å². The van der Waals surface area contributed by atoms with E-state index < -0.39 is 0 Å². The van der Waals surface area contributed by atoms with Gasteiger partial charge >= 0.3 is 0 Å². The van der Waals surface area contributed by atoms with Gasteiger partial charge in [0.2, 0.25) is 11.4 Å². The second-order valence-electron chi connectivity index (χ2n) is 12.4. The average molecular weight is 693 g/mol. The summed E-state index contributed by atoms with van der Waals surface area (Å²) in [6, 6.07) is 24.8. The number of thiazole rings is 1. The Bertz CT molecular complexity index is 1910. The Kier molecular flexibility index (Phi) is 10.9. The molecular weight excluding hydrogens is 647 g/mol. The van der Waals surface area contributed by atoms with E-state index in [0.29, 0.717) is 6.42 Å². The molecule has 49 heavy (non-hydrogen) atoms. The molecule has 1 aliphatic heterocycles. The molecule has 2 heterocycles. The fraction of sp³-hybridized carbons (Fsp3) is 0.325. The van der Waals surface area contributed by atoms with Gasteiger partial charge in [-0.1, -0.05) is 42.0 Å². The summed E-state index contributed by atoms with van der Waals surface area (Å²) in [6.45, 7) is 8.95. The number of aromatic nitrogens is 1. The Morgan fingerprint density at radius 1 is 0.878 bits per heavy atom. The highest BCUT2D eigenvalue weighted by Crippen LogP contribution is 2.46. The fourth-order valence-electron chi connectivity index (χ4n) is 6.53. The van der Waals surface area contributed by atoms with E-state index in [1.807, 2.05) is 43.3 Å². The van der Waals surface area contributed by atoms with Crippen molar-refractivity contribution in [2.45, 2.75) is 53.0 Å². The van der Waals surface area contributed by atoms with E-state index >= 15 is 0 Å². The van der Waals surface area contributed by atoms with Crippen molar-refractivity contribution in [2.75, 3.05) is 53.0 Å². The molecule has 2 aliphatic rings. The molecule has 0 unspecified atom stereocenters. The van der Waals surface area contributed by atoms with Gasteiger partial charge in [-0.3, -0.25) is 9.59 Å². The van der Waals surface area contributed by atoms with E-state index in [-0.39, 0.29) is 11.7 Å². The molecule has 1 aliphatic carbocycles. The van der Waals surface area contributed by atoms with Crippen LogP contribution in [-0.2, 0) is 16.1 Å². The maximum atomic E-state index is 14.0. The second kappa shape index (κ2) is 15.5. The lowest BCUT2D eigenvalue weighted by Crippen LogP contribution is -2.34. The molecule has 0 radical (unpaired) electrons. The minimum atomic E-state index is 0.0442. The Morgan fingerprint density at radius 2 is 1.55 bits per heavy atom. The average Bonchev–Trinajstić information content (AvgIpc) is 3.63. The third-order valence-electron chi connectivity index (χ3n) is 9.08. The number of Topliss-reactive ketones (excluding diaryl/α,β-unsaturated/α-hetero) is 1. The van der Waals surface area contributed by atoms with Crippen LogP contribution in [0.2, 0.25) is 0 Å². The summed E-state index contributed by atoms with van der Waals surface area (Å²) in [7, 11) is 4.00. The predicted octanol–water partition coefficient (Wildman–Crippen LogP) is 8.64. The van der Waals surface area contributed by atoms with Gasteiger partial charge in [0.25, 0.3) is 5.01 Å². The summed E-state index contributed by atoms with van der Waals surface area (Å²) in [4.78, 5) is 34.3. The third-order valence-corrected chi connectivity index (χ3v) is 11.4. The van der Waals surface area contributed by atoms with E-state index in [0.717, 1.165) is 82.9 Å². The van der Waals surface area contributed by atoms with Crippen LogP contribution in [0.4, 0.5) is 22.7 Å². The highest BCUT2D eigenvalue weighted by atomic mass is 32.2. The first kappa shape index (κ1) is 34.5. The number of anilines is 4. The summed E-state index contributed by atoms with van der Waals surface area (Å²) < 4.78 is 3.52. The van der Waals surface area contributed by atoms with Crippen LogP contribution in [0.25, 0.3) is 16.3 Å². The molecule has 0 spiro atoms. The lowest BCUT2D eigenvalue weighted by molar-refractivity contribution is -0.665. The zero-order valence-electron chi connectivity index (χ0n) is 29.2. The molecule has 3 aromatic carbocycles. The lowest BCUT2D eigenvalue weighted by atomic mass is 9.89. The number of para-hydroxylation sites is 3. The Labute approximate surface area is 298 Å². The number of nitrogens with zero attached hydrogens (tertiary/aromatic N) is 4. The van der Waals surface area contributed by atoms with Gasteiger partial charge in [0, 0.05) is 73.2 Å². The second-order valence-corrected chi connectivity index (χ2v) is 14.6. The molecule has 0 atom stereocenters. The smallest absolute Gasteiger partial charge is 0.263 e. The number of fused-ring (bicyclic) bond motifs is 2. The van der Waals surface area contributed by atoms with Crippen LogP contribution in [0.1, 0.15) is 51.5 Å². The van der Waals surface area contributed by atoms with Crippen molar-refractivity contribution in [1.82, 2.24) is 0 Å². The van der Waals surface area contributed by atoms with E-state index in [4.69, 9.17) is 0 Å². The summed E-state index contributed by atoms with van der Waals surface area (Å²) in [6.07, 6.45) is 7.46. The largest absolute Gasteiger partial charge is 0.378 e. The molecular formula is C40H46N5O2S2+. The number of hydrogen-bond donors (Lipinski definition) is 1. The lowest BCUT2D eigenvalue weighted by Gasteiger charge is -2.28. The number of amides is 1. The highest BCUT2D eigenvalue weighted by Gasteiger charge is 2.37. The first-order valence-electron chi connectivity index (χ1n) is 17.3. The van der Waals surface area contributed by atoms with Gasteiger partial charge in [-0.2, -0.15) is 4.57 Å². The number of ketones is 1.